The first-order valence-electron chi connectivity index (χ1n) is 26.3. The quantitative estimate of drug-likeness (QED) is 0.0385. The van der Waals surface area contributed by atoms with Crippen molar-refractivity contribution in [2.24, 2.45) is 46.4 Å². The van der Waals surface area contributed by atoms with Gasteiger partial charge in [0.15, 0.2) is 0 Å². The number of hydrogen-bond acceptors (Lipinski definition) is 17. The molecule has 0 bridgehead atoms. The summed E-state index contributed by atoms with van der Waals surface area (Å²) in [5.74, 6) is 2.98. The number of aromatic nitrogens is 1. The summed E-state index contributed by atoms with van der Waals surface area (Å²) < 4.78 is 10.2. The van der Waals surface area contributed by atoms with Gasteiger partial charge in [-0.2, -0.15) is 0 Å². The number of primary amides is 2. The second kappa shape index (κ2) is 87.0. The molecule has 76 heavy (non-hydrogen) atoms. The third-order valence-electron chi connectivity index (χ3n) is 11.1. The summed E-state index contributed by atoms with van der Waals surface area (Å²) >= 11 is 4.95. The fourth-order valence-electron chi connectivity index (χ4n) is 7.76. The smallest absolute Gasteiger partial charge is 0.290 e. The van der Waals surface area contributed by atoms with Gasteiger partial charge in [-0.05, 0) is 101 Å². The fourth-order valence-corrected chi connectivity index (χ4v) is 7.91. The van der Waals surface area contributed by atoms with Crippen LogP contribution in [0.2, 0.25) is 0 Å². The molecular weight excluding hydrogens is 1000 g/mol. The number of nitrogens with zero attached hydrogens (tertiary/aromatic N) is 2. The molecule has 3 aliphatic rings. The molecule has 0 aliphatic heterocycles. The van der Waals surface area contributed by atoms with E-state index in [-0.39, 0.29) is 18.8 Å². The molecule has 22 heteroatoms. The molecular formula is C54H110N8O13S. The van der Waals surface area contributed by atoms with Crippen molar-refractivity contribution in [2.45, 2.75) is 180 Å². The van der Waals surface area contributed by atoms with Gasteiger partial charge in [-0.15, -0.1) is 0 Å². The lowest BCUT2D eigenvalue weighted by Crippen LogP contribution is -2.23. The number of carboxylic acid groups (broad SMARTS) is 1. The number of thiocarbonyl (C=S) groups is 1. The predicted molar refractivity (Wildman–Crippen MR) is 311 cm³/mol. The van der Waals surface area contributed by atoms with Crippen molar-refractivity contribution in [3.05, 3.63) is 30.1 Å². The average molecular weight is 1110 g/mol. The first kappa shape index (κ1) is 90.8. The number of aliphatic hydroxyl groups excluding tert-OH is 2. The summed E-state index contributed by atoms with van der Waals surface area (Å²) in [4.78, 5) is 78.5. The SMILES string of the molecule is C=O.C=O.CC.CCCC(c1cccnc1)N(C)C=S.CN.CO.CO.COCCNC=O.NC(=O)CCCOC1CCCCC1.NC(C=O)CCC=O.NC=O.NCCCC1CCC(C2CCCCC2)CC1.O=CO. The van der Waals surface area contributed by atoms with E-state index < -0.39 is 6.04 Å². The standard InChI is InChI=1S/C15H29N.C11H16N2S.C10H19NO2.C5H9NO2.C4H9NO2.C2H6.CH3NO.CH5N.CH2O2.2CH4O.2CH2O/c16-12-4-5-13-8-10-15(11-9-13)14-6-2-1-3-7-14;1-3-5-11(13(2)9-14)10-6-4-7-12-8-10;11-10(12)7-4-8-13-9-5-2-1-3-6-9;6-5(4-8)2-1-3-7;1-7-3-2-5-4-6;1-2;2-1-3;1-2;2-1-3;4*1-2/h13-15H,1-12,16H2;4,6-9,11H,3,5H2,1-2H3;9H,1-8H2,(H2,11,12);3-5H,1-2,6H2;4H,2-3H2,1H3,(H,5,6);1-2H3;1H,(H2,2,3);2H2,1H3;1H,(H,2,3);2*2H,1H3;2*1H2. The molecule has 0 saturated heterocycles. The van der Waals surface area contributed by atoms with Crippen LogP contribution in [0.4, 0.5) is 0 Å². The van der Waals surface area contributed by atoms with Gasteiger partial charge in [0.2, 0.25) is 18.7 Å². The van der Waals surface area contributed by atoms with Crippen LogP contribution >= 0.6 is 12.2 Å². The Hall–Kier alpha value is -4.68. The van der Waals surface area contributed by atoms with Gasteiger partial charge < -0.3 is 82.9 Å². The number of carbonyl (C=O) groups excluding carboxylic acids is 7. The lowest BCUT2D eigenvalue weighted by Gasteiger charge is -2.35. The summed E-state index contributed by atoms with van der Waals surface area (Å²) in [5.41, 5.74) is 27.3. The molecule has 14 N–H and O–H groups in total. The minimum Gasteiger partial charge on any atom is -0.483 e. The number of nitrogens with one attached hydrogen (secondary N) is 1. The molecule has 3 saturated carbocycles. The van der Waals surface area contributed by atoms with Gasteiger partial charge in [0, 0.05) is 66.8 Å². The van der Waals surface area contributed by atoms with Gasteiger partial charge in [-0.1, -0.05) is 110 Å². The van der Waals surface area contributed by atoms with Gasteiger partial charge in [0.25, 0.3) is 6.47 Å². The minimum absolute atomic E-state index is 0.229. The van der Waals surface area contributed by atoms with Crippen molar-refractivity contribution in [2.75, 3.05) is 61.7 Å². The maximum atomic E-state index is 10.4. The van der Waals surface area contributed by atoms with E-state index >= 15 is 0 Å². The molecule has 2 unspecified atom stereocenters. The topological polar surface area (TPSA) is 374 Å². The fraction of sp³-hybridized carbons (Fsp3) is 0.741. The number of pyridine rings is 1. The maximum absolute atomic E-state index is 10.4. The summed E-state index contributed by atoms with van der Waals surface area (Å²) in [6.45, 7) is 12.7. The Morgan fingerprint density at radius 2 is 1.37 bits per heavy atom. The van der Waals surface area contributed by atoms with E-state index in [1.807, 2.05) is 46.7 Å². The molecule has 3 fully saturated rings. The number of rotatable bonds is 22. The molecule has 4 rings (SSSR count). The van der Waals surface area contributed by atoms with Gasteiger partial charge >= 0.3 is 0 Å². The van der Waals surface area contributed by atoms with Crippen LogP contribution in [-0.4, -0.2) is 156 Å². The highest BCUT2D eigenvalue weighted by molar-refractivity contribution is 7.78. The molecule has 3 aliphatic carbocycles. The van der Waals surface area contributed by atoms with Crippen LogP contribution in [0.3, 0.4) is 0 Å². The van der Waals surface area contributed by atoms with Crippen LogP contribution in [0.1, 0.15) is 174 Å². The predicted octanol–water partition coefficient (Wildman–Crippen LogP) is 5.65. The molecule has 21 nitrogen and oxygen atoms in total. The van der Waals surface area contributed by atoms with E-state index in [1.165, 1.54) is 115 Å². The van der Waals surface area contributed by atoms with Gasteiger partial charge in [0.05, 0.1) is 30.3 Å². The van der Waals surface area contributed by atoms with Crippen LogP contribution in [0.5, 0.6) is 0 Å². The highest BCUT2D eigenvalue weighted by Crippen LogP contribution is 2.40. The van der Waals surface area contributed by atoms with E-state index in [9.17, 15) is 19.2 Å². The van der Waals surface area contributed by atoms with Gasteiger partial charge in [-0.25, -0.2) is 0 Å². The third-order valence-corrected chi connectivity index (χ3v) is 11.4. The number of carbonyl (C=O) groups is 8. The number of aldehydes is 2. The average Bonchev–Trinajstić information content (AvgIpc) is 3.49. The zero-order chi connectivity index (χ0) is 60.5. The number of hydrogen-bond donors (Lipinski definition) is 9. The molecule has 1 heterocycles. The third kappa shape index (κ3) is 71.4. The summed E-state index contributed by atoms with van der Waals surface area (Å²) in [6, 6.07) is 3.98. The van der Waals surface area contributed by atoms with Crippen molar-refractivity contribution in [1.29, 1.82) is 0 Å². The molecule has 1 aromatic heterocycles. The van der Waals surface area contributed by atoms with Crippen LogP contribution in [-0.2, 0) is 47.8 Å². The summed E-state index contributed by atoms with van der Waals surface area (Å²) in [5, 5.41) is 23.3. The van der Waals surface area contributed by atoms with E-state index in [0.717, 1.165) is 64.1 Å². The normalized spacial score (nSPS) is 15.2. The summed E-state index contributed by atoms with van der Waals surface area (Å²) in [7, 11) is 7.10. The Bertz CT molecular complexity index is 1260. The highest BCUT2D eigenvalue weighted by Gasteiger charge is 2.28. The second-order valence-electron chi connectivity index (χ2n) is 16.0. The lowest BCUT2D eigenvalue weighted by atomic mass is 9.70. The van der Waals surface area contributed by atoms with E-state index in [2.05, 4.69) is 44.4 Å². The molecule has 0 radical (unpaired) electrons. The van der Waals surface area contributed by atoms with Crippen molar-refractivity contribution >= 4 is 69.1 Å². The monoisotopic (exact) mass is 1110 g/mol. The Balaban J connectivity index is -0.0000000997. The molecule has 0 aromatic carbocycles. The van der Waals surface area contributed by atoms with E-state index in [0.29, 0.717) is 63.9 Å². The zero-order valence-corrected chi connectivity index (χ0v) is 49.0. The Morgan fingerprint density at radius 1 is 0.868 bits per heavy atom. The highest BCUT2D eigenvalue weighted by atomic mass is 32.1. The second-order valence-corrected chi connectivity index (χ2v) is 16.2. The summed E-state index contributed by atoms with van der Waals surface area (Å²) in [6.07, 6.45) is 33.4. The Labute approximate surface area is 464 Å². The van der Waals surface area contributed by atoms with Crippen LogP contribution < -0.4 is 34.0 Å². The van der Waals surface area contributed by atoms with Crippen molar-refractivity contribution < 1.29 is 63.1 Å². The van der Waals surface area contributed by atoms with Crippen molar-refractivity contribution in [3.8, 4) is 0 Å². The molecule has 1 aromatic rings. The number of amides is 3. The van der Waals surface area contributed by atoms with Gasteiger partial charge in [0.1, 0.15) is 26.2 Å². The molecule has 450 valence electrons. The molecule has 0 spiro atoms. The van der Waals surface area contributed by atoms with E-state index in [1.54, 1.807) is 18.8 Å². The number of aliphatic hydroxyl groups is 2. The molecule has 3 amide bonds. The van der Waals surface area contributed by atoms with Crippen molar-refractivity contribution in [1.82, 2.24) is 15.2 Å². The largest absolute Gasteiger partial charge is 0.483 e. The zero-order valence-electron chi connectivity index (χ0n) is 48.2. The minimum atomic E-state index is -0.458. The maximum Gasteiger partial charge on any atom is 0.290 e. The number of ether oxygens (including phenoxy) is 2. The first-order chi connectivity index (χ1) is 37.0. The first-order valence-corrected chi connectivity index (χ1v) is 26.8. The van der Waals surface area contributed by atoms with E-state index in [4.69, 9.17) is 68.7 Å². The Kier molecular flexibility index (Phi) is 104. The van der Waals surface area contributed by atoms with Crippen LogP contribution in [0, 0.1) is 17.8 Å². The van der Waals surface area contributed by atoms with Crippen molar-refractivity contribution in [3.63, 3.8) is 0 Å². The van der Waals surface area contributed by atoms with Crippen LogP contribution in [0.25, 0.3) is 0 Å². The molecule has 2 atom stereocenters. The number of nitrogens with two attached hydrogens (primary N) is 5. The van der Waals surface area contributed by atoms with Gasteiger partial charge in [-0.3, -0.25) is 24.2 Å². The number of methoxy groups -OCH3 is 1. The lowest BCUT2D eigenvalue weighted by molar-refractivity contribution is -0.123. The Morgan fingerprint density at radius 3 is 1.76 bits per heavy atom. The van der Waals surface area contributed by atoms with Crippen LogP contribution in [0.15, 0.2) is 24.5 Å².